The van der Waals surface area contributed by atoms with Crippen LogP contribution in [0.25, 0.3) is 0 Å². The van der Waals surface area contributed by atoms with Crippen molar-refractivity contribution in [3.8, 4) is 0 Å². The van der Waals surface area contributed by atoms with Crippen LogP contribution in [0.2, 0.25) is 0 Å². The first-order chi connectivity index (χ1) is 8.22. The summed E-state index contributed by atoms with van der Waals surface area (Å²) < 4.78 is 11.0. The zero-order chi connectivity index (χ0) is 12.3. The van der Waals surface area contributed by atoms with Crippen molar-refractivity contribution in [3.63, 3.8) is 0 Å². The van der Waals surface area contributed by atoms with Gasteiger partial charge in [-0.2, -0.15) is 0 Å². The summed E-state index contributed by atoms with van der Waals surface area (Å²) >= 11 is 0. The molecule has 0 aromatic heterocycles. The Labute approximate surface area is 104 Å². The maximum absolute atomic E-state index is 6.09. The van der Waals surface area contributed by atoms with Gasteiger partial charge in [-0.25, -0.2) is 0 Å². The third kappa shape index (κ3) is 2.65. The Kier molecular flexibility index (Phi) is 4.42. The van der Waals surface area contributed by atoms with E-state index in [1.54, 1.807) is 0 Å². The summed E-state index contributed by atoms with van der Waals surface area (Å²) in [6.07, 6.45) is 5.03. The monoisotopic (exact) mass is 242 g/mol. The van der Waals surface area contributed by atoms with Gasteiger partial charge in [0.05, 0.1) is 19.3 Å². The second kappa shape index (κ2) is 5.65. The quantitative estimate of drug-likeness (QED) is 0.802. The molecule has 17 heavy (non-hydrogen) atoms. The second-order valence-corrected chi connectivity index (χ2v) is 5.48. The lowest BCUT2D eigenvalue weighted by atomic mass is 9.78. The SMILES string of the molecule is COC1CCC(CN)(N2CCOCC2C)CC1. The molecule has 4 heteroatoms. The number of nitrogens with zero attached hydrogens (tertiary/aromatic N) is 1. The molecule has 1 saturated heterocycles. The minimum absolute atomic E-state index is 0.193. The maximum Gasteiger partial charge on any atom is 0.0620 e. The predicted molar refractivity (Wildman–Crippen MR) is 68.0 cm³/mol. The minimum atomic E-state index is 0.193. The summed E-state index contributed by atoms with van der Waals surface area (Å²) in [6.45, 7) is 5.72. The summed E-state index contributed by atoms with van der Waals surface area (Å²) in [7, 11) is 1.82. The van der Waals surface area contributed by atoms with E-state index in [0.717, 1.165) is 52.0 Å². The van der Waals surface area contributed by atoms with Gasteiger partial charge in [0.2, 0.25) is 0 Å². The molecule has 2 fully saturated rings. The molecular formula is C13H26N2O2. The molecule has 1 heterocycles. The molecule has 1 unspecified atom stereocenters. The second-order valence-electron chi connectivity index (χ2n) is 5.48. The van der Waals surface area contributed by atoms with Crippen molar-refractivity contribution >= 4 is 0 Å². The molecule has 0 aromatic rings. The molecule has 2 N–H and O–H groups in total. The number of rotatable bonds is 3. The lowest BCUT2D eigenvalue weighted by Crippen LogP contribution is -2.62. The Morgan fingerprint density at radius 1 is 1.41 bits per heavy atom. The Morgan fingerprint density at radius 3 is 2.65 bits per heavy atom. The lowest BCUT2D eigenvalue weighted by Gasteiger charge is -2.51. The Balaban J connectivity index is 2.03. The molecule has 0 amide bonds. The highest BCUT2D eigenvalue weighted by Crippen LogP contribution is 2.36. The molecule has 0 spiro atoms. The number of nitrogens with two attached hydrogens (primary N) is 1. The van der Waals surface area contributed by atoms with E-state index in [-0.39, 0.29) is 5.54 Å². The zero-order valence-electron chi connectivity index (χ0n) is 11.2. The molecule has 1 saturated carbocycles. The van der Waals surface area contributed by atoms with E-state index in [0.29, 0.717) is 12.1 Å². The molecule has 4 nitrogen and oxygen atoms in total. The molecule has 0 bridgehead atoms. The van der Waals surface area contributed by atoms with E-state index in [1.165, 1.54) is 0 Å². The van der Waals surface area contributed by atoms with Crippen molar-refractivity contribution in [2.24, 2.45) is 5.73 Å². The first kappa shape index (κ1) is 13.3. The summed E-state index contributed by atoms with van der Waals surface area (Å²) in [6, 6.07) is 0.492. The molecular weight excluding hydrogens is 216 g/mol. The first-order valence-electron chi connectivity index (χ1n) is 6.79. The van der Waals surface area contributed by atoms with E-state index >= 15 is 0 Å². The molecule has 100 valence electrons. The van der Waals surface area contributed by atoms with Gasteiger partial charge >= 0.3 is 0 Å². The third-order valence-corrected chi connectivity index (χ3v) is 4.55. The van der Waals surface area contributed by atoms with E-state index in [1.807, 2.05) is 7.11 Å². The summed E-state index contributed by atoms with van der Waals surface area (Å²) in [5, 5.41) is 0. The van der Waals surface area contributed by atoms with Crippen LogP contribution in [0.4, 0.5) is 0 Å². The lowest BCUT2D eigenvalue weighted by molar-refractivity contribution is -0.0825. The van der Waals surface area contributed by atoms with Gasteiger partial charge < -0.3 is 15.2 Å². The standard InChI is InChI=1S/C13H26N2O2/c1-11-9-17-8-7-15(11)13(10-14)5-3-12(16-2)4-6-13/h11-12H,3-10,14H2,1-2H3. The number of methoxy groups -OCH3 is 1. The van der Waals surface area contributed by atoms with Gasteiger partial charge in [0, 0.05) is 31.8 Å². The number of morpholine rings is 1. The average Bonchev–Trinajstić information content (AvgIpc) is 2.39. The van der Waals surface area contributed by atoms with Crippen LogP contribution in [0, 0.1) is 0 Å². The Hall–Kier alpha value is -0.160. The molecule has 2 rings (SSSR count). The van der Waals surface area contributed by atoms with Crippen LogP contribution in [0.5, 0.6) is 0 Å². The number of hydrogen-bond acceptors (Lipinski definition) is 4. The van der Waals surface area contributed by atoms with Crippen LogP contribution in [0.15, 0.2) is 0 Å². The van der Waals surface area contributed by atoms with Gasteiger partial charge in [-0.3, -0.25) is 4.90 Å². The smallest absolute Gasteiger partial charge is 0.0620 e. The highest BCUT2D eigenvalue weighted by atomic mass is 16.5. The average molecular weight is 242 g/mol. The third-order valence-electron chi connectivity index (χ3n) is 4.55. The fraction of sp³-hybridized carbons (Fsp3) is 1.00. The van der Waals surface area contributed by atoms with Crippen molar-refractivity contribution in [2.75, 3.05) is 33.4 Å². The number of hydrogen-bond donors (Lipinski definition) is 1. The molecule has 2 aliphatic rings. The van der Waals surface area contributed by atoms with Crippen molar-refractivity contribution in [1.82, 2.24) is 4.90 Å². The summed E-state index contributed by atoms with van der Waals surface area (Å²) in [5.41, 5.74) is 6.29. The highest BCUT2D eigenvalue weighted by Gasteiger charge is 2.42. The fourth-order valence-electron chi connectivity index (χ4n) is 3.40. The van der Waals surface area contributed by atoms with Crippen molar-refractivity contribution in [1.29, 1.82) is 0 Å². The fourth-order valence-corrected chi connectivity index (χ4v) is 3.40. The molecule has 1 aliphatic carbocycles. The van der Waals surface area contributed by atoms with Gasteiger partial charge in [0.1, 0.15) is 0 Å². The molecule has 0 aromatic carbocycles. The summed E-state index contributed by atoms with van der Waals surface area (Å²) in [5.74, 6) is 0. The maximum atomic E-state index is 6.09. The number of ether oxygens (including phenoxy) is 2. The molecule has 0 radical (unpaired) electrons. The van der Waals surface area contributed by atoms with Crippen LogP contribution >= 0.6 is 0 Å². The normalized spacial score (nSPS) is 40.4. The van der Waals surface area contributed by atoms with E-state index in [9.17, 15) is 0 Å². The van der Waals surface area contributed by atoms with Gasteiger partial charge in [-0.1, -0.05) is 0 Å². The van der Waals surface area contributed by atoms with Crippen LogP contribution in [0.1, 0.15) is 32.6 Å². The van der Waals surface area contributed by atoms with Gasteiger partial charge in [-0.05, 0) is 32.6 Å². The van der Waals surface area contributed by atoms with Crippen LogP contribution < -0.4 is 5.73 Å². The van der Waals surface area contributed by atoms with E-state index in [2.05, 4.69) is 11.8 Å². The zero-order valence-corrected chi connectivity index (χ0v) is 11.2. The van der Waals surface area contributed by atoms with Gasteiger partial charge in [0.15, 0.2) is 0 Å². The molecule has 1 aliphatic heterocycles. The van der Waals surface area contributed by atoms with Crippen molar-refractivity contribution < 1.29 is 9.47 Å². The van der Waals surface area contributed by atoms with Crippen LogP contribution in [0.3, 0.4) is 0 Å². The largest absolute Gasteiger partial charge is 0.381 e. The highest BCUT2D eigenvalue weighted by molar-refractivity contribution is 4.98. The van der Waals surface area contributed by atoms with E-state index in [4.69, 9.17) is 15.2 Å². The van der Waals surface area contributed by atoms with Gasteiger partial charge in [0.25, 0.3) is 0 Å². The van der Waals surface area contributed by atoms with Gasteiger partial charge in [-0.15, -0.1) is 0 Å². The minimum Gasteiger partial charge on any atom is -0.381 e. The predicted octanol–water partition coefficient (Wildman–Crippen LogP) is 0.994. The summed E-state index contributed by atoms with van der Waals surface area (Å²) in [4.78, 5) is 2.59. The van der Waals surface area contributed by atoms with Crippen molar-refractivity contribution in [3.05, 3.63) is 0 Å². The first-order valence-corrected chi connectivity index (χ1v) is 6.79. The molecule has 1 atom stereocenters. The van der Waals surface area contributed by atoms with Crippen molar-refractivity contribution in [2.45, 2.75) is 50.3 Å². The Bertz CT molecular complexity index is 240. The Morgan fingerprint density at radius 2 is 2.12 bits per heavy atom. The van der Waals surface area contributed by atoms with Crippen LogP contribution in [-0.2, 0) is 9.47 Å². The van der Waals surface area contributed by atoms with Crippen LogP contribution in [-0.4, -0.2) is 56.0 Å². The topological polar surface area (TPSA) is 47.7 Å². The van der Waals surface area contributed by atoms with E-state index < -0.39 is 0 Å².